The van der Waals surface area contributed by atoms with Crippen LogP contribution in [0.15, 0.2) is 72.8 Å². The van der Waals surface area contributed by atoms with Crippen molar-refractivity contribution < 1.29 is 126 Å². The maximum absolute atomic E-state index is 14.3. The number of aliphatic carboxylic acids is 4. The Morgan fingerprint density at radius 1 is 0.439 bits per heavy atom. The van der Waals surface area contributed by atoms with Crippen molar-refractivity contribution in [3.63, 3.8) is 0 Å². The van der Waals surface area contributed by atoms with Gasteiger partial charge in [0.2, 0.25) is 35.3 Å². The van der Waals surface area contributed by atoms with Crippen molar-refractivity contribution in [3.8, 4) is 57.1 Å². The monoisotopic (exact) mass is 1740 g/mol. The molecule has 2 aromatic heterocycles. The molecule has 3 saturated heterocycles. The fraction of sp³-hybridized carbons (Fsp3) is 0.506. The van der Waals surface area contributed by atoms with E-state index in [-0.39, 0.29) is 209 Å². The van der Waals surface area contributed by atoms with E-state index in [1.807, 2.05) is 64.1 Å². The number of carbonyl (C=O) groups is 10. The molecule has 37 heteroatoms. The summed E-state index contributed by atoms with van der Waals surface area (Å²) in [5, 5.41) is 111. The Bertz CT molecular complexity index is 4320. The molecule has 36 nitrogen and oxygen atoms in total. The molecular formula is C77H104LuN18O18. The molecule has 625 valence electrons. The summed E-state index contributed by atoms with van der Waals surface area (Å²) in [7, 11) is 0. The molecule has 0 saturated carbocycles. The van der Waals surface area contributed by atoms with Gasteiger partial charge in [-0.3, -0.25) is 86.5 Å². The molecule has 1 radical (unpaired) electrons. The van der Waals surface area contributed by atoms with Gasteiger partial charge in [0.25, 0.3) is 11.8 Å². The number of phenolic OH excluding ortho intramolecular Hbond substituents is 4. The van der Waals surface area contributed by atoms with E-state index in [4.69, 9.17) is 0 Å². The van der Waals surface area contributed by atoms with Gasteiger partial charge in [-0.1, -0.05) is 52.0 Å². The minimum Gasteiger partial charge on any atom is -0.508 e. The first kappa shape index (κ1) is 89.6. The van der Waals surface area contributed by atoms with Crippen LogP contribution in [0, 0.1) is 36.9 Å². The second kappa shape index (κ2) is 42.4. The average molecular weight is 1740 g/mol. The van der Waals surface area contributed by atoms with Crippen LogP contribution in [0.1, 0.15) is 129 Å². The summed E-state index contributed by atoms with van der Waals surface area (Å²) in [5.41, 5.74) is 4.56. The van der Waals surface area contributed by atoms with Crippen LogP contribution in [0.2, 0.25) is 0 Å². The molecule has 3 fully saturated rings. The Labute approximate surface area is 689 Å². The number of aromatic nitrogens is 6. The number of aromatic hydroxyl groups is 4. The van der Waals surface area contributed by atoms with Crippen molar-refractivity contribution in [2.45, 2.75) is 111 Å². The summed E-state index contributed by atoms with van der Waals surface area (Å²) in [4.78, 5) is 146. The van der Waals surface area contributed by atoms with E-state index in [1.54, 1.807) is 67.2 Å². The molecule has 2 atom stereocenters. The molecule has 114 heavy (non-hydrogen) atoms. The summed E-state index contributed by atoms with van der Waals surface area (Å²) in [6.07, 6.45) is -1.22. The number of rotatable bonds is 33. The van der Waals surface area contributed by atoms with Gasteiger partial charge < -0.3 is 71.9 Å². The first-order chi connectivity index (χ1) is 54.0. The van der Waals surface area contributed by atoms with Crippen LogP contribution in [0.5, 0.6) is 23.0 Å². The number of benzene rings is 4. The van der Waals surface area contributed by atoms with E-state index >= 15 is 0 Å². The quantitative estimate of drug-likeness (QED) is 0.0281. The first-order valence-electron chi connectivity index (χ1n) is 38.1. The molecule has 4 aromatic carbocycles. The third kappa shape index (κ3) is 24.5. The van der Waals surface area contributed by atoms with Gasteiger partial charge in [-0.15, -0.1) is 20.4 Å². The number of carboxylic acid groups (broad SMARTS) is 4. The van der Waals surface area contributed by atoms with Gasteiger partial charge in [0, 0.05) is 217 Å². The molecule has 5 heterocycles. The van der Waals surface area contributed by atoms with E-state index in [0.717, 1.165) is 11.1 Å². The molecule has 0 bridgehead atoms. The Kier molecular flexibility index (Phi) is 33.3. The number of nitrogens with zero attached hydrogens (tertiary/aromatic N) is 14. The fourth-order valence-corrected chi connectivity index (χ4v) is 14.2. The van der Waals surface area contributed by atoms with Crippen molar-refractivity contribution in [2.75, 3.05) is 144 Å². The standard InChI is InChI=1S/C77H104N18O18.Lu/c1-7-78-75(110)72-84-82-70(56-39-54(48(3)4)60(96)41-62(56)98)94(72)52-13-9-50(10-14-52)43-86-29-35-92(36-30-86)65(101)20-17-58(81-64(100)19-18-59(77(112)113)91-33-27-89(46-68(105)106)25-23-88(45-67(103)104)24-26-90(28-34-91)47-69(107)108)74(109)80-22-21-66(102)93-37-31-87(32-38-93)44-51-11-15-53(16-12-51)95-71(83-85-73(95)76(111)79-8-2)57-40-55(49(5)6)61(97)42-63(57)99;/h9-16,39-42,48-49,58-59,96-99H,7-8,17-38,43-47H2,1-6H3,(H,78,110)(H,79,111)(H,80,109)(H,81,100)(H,103,104)(H,105,106)(H,107,108)(H,112,113);/t58-,59-;/m1./s1. The number of hydrogen-bond donors (Lipinski definition) is 12. The first-order valence-corrected chi connectivity index (χ1v) is 38.1. The molecule has 0 unspecified atom stereocenters. The SMILES string of the molecule is CCNC(=O)c1nnc(-c2cc(C(C)C)c(O)cc2O)n1-c1ccc(CN2CCN(C(=O)CCNC(=O)[C@@H](CCC(=O)N3CCN(Cc4ccc(-n5c(C(=O)NCC)nnc5-c5cc(C(C)C)c(O)cc5O)cc4)CC3)NC(=O)CC[C@H](C(=O)O)N3CCN(CC(=O)O)CCN(CC(=O)O)CCN(CC(=O)O)CC3)CC2)cc1.[Lu]. The zero-order valence-corrected chi connectivity index (χ0v) is 66.6. The largest absolute Gasteiger partial charge is 0.508 e. The Hall–Kier alpha value is -9.95. The molecule has 6 aromatic rings. The molecule has 3 aliphatic heterocycles. The predicted octanol–water partition coefficient (Wildman–Crippen LogP) is 2.22. The number of carboxylic acids is 4. The Morgan fingerprint density at radius 3 is 1.18 bits per heavy atom. The van der Waals surface area contributed by atoms with Crippen LogP contribution in [-0.4, -0.2) is 325 Å². The number of nitrogens with one attached hydrogen (secondary N) is 4. The van der Waals surface area contributed by atoms with Crippen molar-refractivity contribution in [1.29, 1.82) is 0 Å². The maximum atomic E-state index is 14.3. The van der Waals surface area contributed by atoms with Crippen LogP contribution in [0.4, 0.5) is 0 Å². The van der Waals surface area contributed by atoms with Crippen LogP contribution in [-0.2, 0) is 51.4 Å². The Morgan fingerprint density at radius 2 is 0.816 bits per heavy atom. The van der Waals surface area contributed by atoms with Crippen molar-refractivity contribution in [3.05, 3.63) is 107 Å². The third-order valence-electron chi connectivity index (χ3n) is 20.3. The zero-order valence-electron chi connectivity index (χ0n) is 64.9. The molecular weight excluding hydrogens is 1640 g/mol. The smallest absolute Gasteiger partial charge is 0.320 e. The van der Waals surface area contributed by atoms with Crippen molar-refractivity contribution in [2.24, 2.45) is 0 Å². The molecule has 12 N–H and O–H groups in total. The summed E-state index contributed by atoms with van der Waals surface area (Å²) < 4.78 is 3.09. The number of hydrogen-bond acceptors (Lipinski definition) is 24. The van der Waals surface area contributed by atoms with Crippen molar-refractivity contribution in [1.82, 2.24) is 90.0 Å². The minimum atomic E-state index is -1.36. The number of phenols is 4. The fourth-order valence-electron chi connectivity index (χ4n) is 14.2. The number of amides is 6. The Balaban J connectivity index is 0.0000163. The maximum Gasteiger partial charge on any atom is 0.320 e. The molecule has 0 spiro atoms. The number of carbonyl (C=O) groups excluding carboxylic acids is 6. The van der Waals surface area contributed by atoms with Gasteiger partial charge in [-0.05, 0) is 97.2 Å². The van der Waals surface area contributed by atoms with Gasteiger partial charge >= 0.3 is 23.9 Å². The van der Waals surface area contributed by atoms with Gasteiger partial charge in [-0.2, -0.15) is 0 Å². The minimum absolute atomic E-state index is 0. The average Bonchev–Trinajstić information content (AvgIpc) is 1.58. The van der Waals surface area contributed by atoms with E-state index < -0.39 is 79.1 Å². The molecule has 3 aliphatic rings. The molecule has 0 aliphatic carbocycles. The van der Waals surface area contributed by atoms with E-state index in [2.05, 4.69) is 51.5 Å². The predicted molar refractivity (Wildman–Crippen MR) is 411 cm³/mol. The normalized spacial score (nSPS) is 15.9. The summed E-state index contributed by atoms with van der Waals surface area (Å²) in [6.45, 7) is 15.1. The summed E-state index contributed by atoms with van der Waals surface area (Å²) in [6, 6.07) is 17.8. The van der Waals surface area contributed by atoms with Crippen LogP contribution in [0.25, 0.3) is 34.2 Å². The topological polar surface area (TPSA) is 468 Å². The molecule has 9 rings (SSSR count). The van der Waals surface area contributed by atoms with E-state index in [1.165, 1.54) is 21.6 Å². The van der Waals surface area contributed by atoms with Gasteiger partial charge in [-0.25, -0.2) is 0 Å². The summed E-state index contributed by atoms with van der Waals surface area (Å²) in [5.74, 6) is -8.27. The second-order valence-corrected chi connectivity index (χ2v) is 29.0. The summed E-state index contributed by atoms with van der Waals surface area (Å²) >= 11 is 0. The van der Waals surface area contributed by atoms with Gasteiger partial charge in [0.1, 0.15) is 35.1 Å². The second-order valence-electron chi connectivity index (χ2n) is 29.0. The third-order valence-corrected chi connectivity index (χ3v) is 20.3. The zero-order chi connectivity index (χ0) is 81.7. The van der Waals surface area contributed by atoms with Crippen LogP contribution >= 0.6 is 0 Å². The van der Waals surface area contributed by atoms with Gasteiger partial charge in [0.05, 0.1) is 30.8 Å². The van der Waals surface area contributed by atoms with Crippen molar-refractivity contribution >= 4 is 59.3 Å². The van der Waals surface area contributed by atoms with Gasteiger partial charge in [0.15, 0.2) is 11.6 Å². The molecule has 6 amide bonds. The van der Waals surface area contributed by atoms with Crippen LogP contribution in [0.3, 0.4) is 0 Å². The van der Waals surface area contributed by atoms with E-state index in [9.17, 15) is 88.8 Å². The van der Waals surface area contributed by atoms with E-state index in [0.29, 0.717) is 101 Å². The number of piperazine rings is 2. The van der Waals surface area contributed by atoms with Crippen LogP contribution < -0.4 is 21.3 Å².